The van der Waals surface area contributed by atoms with Crippen molar-refractivity contribution in [3.63, 3.8) is 0 Å². The Balaban J connectivity index is 3.01. The van der Waals surface area contributed by atoms with Crippen molar-refractivity contribution in [2.75, 3.05) is 27.9 Å². The molecule has 0 aliphatic heterocycles. The van der Waals surface area contributed by atoms with E-state index in [2.05, 4.69) is 5.32 Å². The molecule has 0 bridgehead atoms. The maximum atomic E-state index is 8.99. The number of rotatable bonds is 6. The van der Waals surface area contributed by atoms with Gasteiger partial charge in [0.2, 0.25) is 0 Å². The fourth-order valence-electron chi connectivity index (χ4n) is 1.69. The monoisotopic (exact) mass is 225 g/mol. The lowest BCUT2D eigenvalue weighted by atomic mass is 10.0. The van der Waals surface area contributed by atoms with Gasteiger partial charge in [0, 0.05) is 24.3 Å². The molecule has 0 aromatic heterocycles. The average molecular weight is 225 g/mol. The molecule has 1 unspecified atom stereocenters. The first kappa shape index (κ1) is 12.8. The summed E-state index contributed by atoms with van der Waals surface area (Å²) in [4.78, 5) is 0. The van der Waals surface area contributed by atoms with Crippen LogP contribution in [0.3, 0.4) is 0 Å². The molecule has 0 saturated carbocycles. The quantitative estimate of drug-likeness (QED) is 0.767. The van der Waals surface area contributed by atoms with Gasteiger partial charge in [-0.1, -0.05) is 6.07 Å². The van der Waals surface area contributed by atoms with Crippen molar-refractivity contribution in [2.45, 2.75) is 12.5 Å². The van der Waals surface area contributed by atoms with Gasteiger partial charge in [0.1, 0.15) is 11.5 Å². The standard InChI is InChI=1S/C12H19NO3/c1-13-11(6-7-14)10-5-4-9(15-2)8-12(10)16-3/h4-5,8,11,13-14H,6-7H2,1-3H3. The van der Waals surface area contributed by atoms with Crippen LogP contribution in [0.1, 0.15) is 18.0 Å². The van der Waals surface area contributed by atoms with Gasteiger partial charge in [-0.05, 0) is 19.5 Å². The maximum absolute atomic E-state index is 8.99. The number of aliphatic hydroxyl groups excluding tert-OH is 1. The highest BCUT2D eigenvalue weighted by atomic mass is 16.5. The summed E-state index contributed by atoms with van der Waals surface area (Å²) < 4.78 is 10.5. The van der Waals surface area contributed by atoms with Crippen LogP contribution < -0.4 is 14.8 Å². The fourth-order valence-corrected chi connectivity index (χ4v) is 1.69. The zero-order chi connectivity index (χ0) is 12.0. The number of hydrogen-bond acceptors (Lipinski definition) is 4. The molecule has 1 aromatic carbocycles. The van der Waals surface area contributed by atoms with Gasteiger partial charge in [0.05, 0.1) is 14.2 Å². The Labute approximate surface area is 96.2 Å². The first-order valence-electron chi connectivity index (χ1n) is 5.26. The SMILES string of the molecule is CNC(CCO)c1ccc(OC)cc1OC. The number of benzene rings is 1. The smallest absolute Gasteiger partial charge is 0.127 e. The van der Waals surface area contributed by atoms with Gasteiger partial charge in [-0.2, -0.15) is 0 Å². The van der Waals surface area contributed by atoms with Crippen LogP contribution in [0.4, 0.5) is 0 Å². The number of hydrogen-bond donors (Lipinski definition) is 2. The van der Waals surface area contributed by atoms with Crippen LogP contribution in [-0.2, 0) is 0 Å². The van der Waals surface area contributed by atoms with Crippen LogP contribution in [0.15, 0.2) is 18.2 Å². The zero-order valence-corrected chi connectivity index (χ0v) is 9.99. The summed E-state index contributed by atoms with van der Waals surface area (Å²) in [7, 11) is 5.12. The van der Waals surface area contributed by atoms with Crippen molar-refractivity contribution in [3.8, 4) is 11.5 Å². The molecular weight excluding hydrogens is 206 g/mol. The molecule has 0 aliphatic rings. The minimum atomic E-state index is 0.0888. The minimum absolute atomic E-state index is 0.0888. The lowest BCUT2D eigenvalue weighted by Crippen LogP contribution is -2.18. The number of aliphatic hydroxyl groups is 1. The van der Waals surface area contributed by atoms with Crippen molar-refractivity contribution in [1.29, 1.82) is 0 Å². The van der Waals surface area contributed by atoms with Crippen molar-refractivity contribution < 1.29 is 14.6 Å². The van der Waals surface area contributed by atoms with E-state index in [4.69, 9.17) is 14.6 Å². The van der Waals surface area contributed by atoms with E-state index in [0.29, 0.717) is 6.42 Å². The van der Waals surface area contributed by atoms with E-state index in [0.717, 1.165) is 17.1 Å². The summed E-state index contributed by atoms with van der Waals surface area (Å²) in [5.74, 6) is 1.53. The Hall–Kier alpha value is -1.26. The molecule has 0 saturated heterocycles. The van der Waals surface area contributed by atoms with Crippen LogP contribution in [0.5, 0.6) is 11.5 Å². The van der Waals surface area contributed by atoms with Crippen LogP contribution >= 0.6 is 0 Å². The number of nitrogens with one attached hydrogen (secondary N) is 1. The van der Waals surface area contributed by atoms with E-state index in [1.165, 1.54) is 0 Å². The van der Waals surface area contributed by atoms with E-state index >= 15 is 0 Å². The second kappa shape index (κ2) is 6.35. The fraction of sp³-hybridized carbons (Fsp3) is 0.500. The van der Waals surface area contributed by atoms with Crippen molar-refractivity contribution in [2.24, 2.45) is 0 Å². The van der Waals surface area contributed by atoms with Crippen LogP contribution in [0, 0.1) is 0 Å². The van der Waals surface area contributed by atoms with Crippen LogP contribution in [0.25, 0.3) is 0 Å². The normalized spacial score (nSPS) is 12.2. The third-order valence-corrected chi connectivity index (χ3v) is 2.58. The van der Waals surface area contributed by atoms with E-state index < -0.39 is 0 Å². The maximum Gasteiger partial charge on any atom is 0.127 e. The molecule has 4 nitrogen and oxygen atoms in total. The molecule has 1 rings (SSSR count). The topological polar surface area (TPSA) is 50.7 Å². The molecule has 0 radical (unpaired) electrons. The summed E-state index contributed by atoms with van der Waals surface area (Å²) in [6.45, 7) is 0.140. The molecule has 1 atom stereocenters. The van der Waals surface area contributed by atoms with Gasteiger partial charge in [0.15, 0.2) is 0 Å². The molecule has 1 aromatic rings. The third-order valence-electron chi connectivity index (χ3n) is 2.58. The Morgan fingerprint density at radius 3 is 2.56 bits per heavy atom. The third kappa shape index (κ3) is 2.87. The van der Waals surface area contributed by atoms with Crippen molar-refractivity contribution >= 4 is 0 Å². The van der Waals surface area contributed by atoms with E-state index in [1.54, 1.807) is 14.2 Å². The van der Waals surface area contributed by atoms with E-state index in [9.17, 15) is 0 Å². The van der Waals surface area contributed by atoms with Gasteiger partial charge < -0.3 is 19.9 Å². The van der Waals surface area contributed by atoms with Gasteiger partial charge in [-0.3, -0.25) is 0 Å². The molecule has 0 amide bonds. The summed E-state index contributed by atoms with van der Waals surface area (Å²) in [6.07, 6.45) is 0.652. The Bertz CT molecular complexity index is 328. The van der Waals surface area contributed by atoms with E-state index in [1.807, 2.05) is 25.2 Å². The van der Waals surface area contributed by atoms with Crippen molar-refractivity contribution in [1.82, 2.24) is 5.32 Å². The van der Waals surface area contributed by atoms with Crippen molar-refractivity contribution in [3.05, 3.63) is 23.8 Å². The molecule has 0 fully saturated rings. The first-order chi connectivity index (χ1) is 7.76. The molecule has 0 heterocycles. The predicted molar refractivity (Wildman–Crippen MR) is 63.0 cm³/mol. The zero-order valence-electron chi connectivity index (χ0n) is 9.99. The lowest BCUT2D eigenvalue weighted by molar-refractivity contribution is 0.267. The molecule has 4 heteroatoms. The highest BCUT2D eigenvalue weighted by molar-refractivity contribution is 5.42. The second-order valence-corrected chi connectivity index (χ2v) is 3.46. The van der Waals surface area contributed by atoms with Crippen LogP contribution in [-0.4, -0.2) is 33.0 Å². The summed E-state index contributed by atoms with van der Waals surface area (Å²) in [6, 6.07) is 5.77. The summed E-state index contributed by atoms with van der Waals surface area (Å²) in [5.41, 5.74) is 1.03. The van der Waals surface area contributed by atoms with Gasteiger partial charge in [-0.25, -0.2) is 0 Å². The Morgan fingerprint density at radius 2 is 2.06 bits per heavy atom. The first-order valence-corrected chi connectivity index (χ1v) is 5.26. The highest BCUT2D eigenvalue weighted by Crippen LogP contribution is 2.30. The highest BCUT2D eigenvalue weighted by Gasteiger charge is 2.14. The number of methoxy groups -OCH3 is 2. The largest absolute Gasteiger partial charge is 0.497 e. The van der Waals surface area contributed by atoms with Gasteiger partial charge in [0.25, 0.3) is 0 Å². The predicted octanol–water partition coefficient (Wildman–Crippen LogP) is 1.35. The van der Waals surface area contributed by atoms with Gasteiger partial charge >= 0.3 is 0 Å². The molecule has 2 N–H and O–H groups in total. The molecule has 0 aliphatic carbocycles. The molecule has 90 valence electrons. The number of ether oxygens (including phenoxy) is 2. The molecule has 16 heavy (non-hydrogen) atoms. The summed E-state index contributed by atoms with van der Waals surface area (Å²) in [5, 5.41) is 12.1. The average Bonchev–Trinajstić information content (AvgIpc) is 2.35. The Kier molecular flexibility index (Phi) is 5.08. The van der Waals surface area contributed by atoms with E-state index in [-0.39, 0.29) is 12.6 Å². The second-order valence-electron chi connectivity index (χ2n) is 3.46. The lowest BCUT2D eigenvalue weighted by Gasteiger charge is -2.19. The molecular formula is C12H19NO3. The minimum Gasteiger partial charge on any atom is -0.497 e. The summed E-state index contributed by atoms with van der Waals surface area (Å²) >= 11 is 0. The Morgan fingerprint density at radius 1 is 1.31 bits per heavy atom. The molecule has 0 spiro atoms. The van der Waals surface area contributed by atoms with Gasteiger partial charge in [-0.15, -0.1) is 0 Å². The van der Waals surface area contributed by atoms with Crippen LogP contribution in [0.2, 0.25) is 0 Å².